The van der Waals surface area contributed by atoms with Crippen LogP contribution in [0.2, 0.25) is 0 Å². The molecule has 0 radical (unpaired) electrons. The van der Waals surface area contributed by atoms with E-state index < -0.39 is 0 Å². The molecule has 0 aromatic heterocycles. The van der Waals surface area contributed by atoms with Crippen LogP contribution >= 0.6 is 0 Å². The van der Waals surface area contributed by atoms with Gasteiger partial charge < -0.3 is 10.5 Å². The van der Waals surface area contributed by atoms with Crippen LogP contribution in [0.4, 0.5) is 0 Å². The number of nitrogens with zero attached hydrogens (tertiary/aromatic N) is 1. The summed E-state index contributed by atoms with van der Waals surface area (Å²) >= 11 is 0. The molecule has 2 aliphatic heterocycles. The standard InChI is InChI=1S/C14H28N2O/c1-4-13-5-6-16(9-13)14(10-15)7-11(2)17-12(3)8-14/h11-13H,4-10,15H2,1-3H3. The second kappa shape index (κ2) is 5.25. The van der Waals surface area contributed by atoms with Crippen LogP contribution in [0.25, 0.3) is 0 Å². The molecule has 2 saturated heterocycles. The molecule has 0 aromatic rings. The van der Waals surface area contributed by atoms with Crippen molar-refractivity contribution in [2.24, 2.45) is 11.7 Å². The van der Waals surface area contributed by atoms with E-state index in [9.17, 15) is 0 Å². The Morgan fingerprint density at radius 1 is 1.29 bits per heavy atom. The van der Waals surface area contributed by atoms with E-state index in [-0.39, 0.29) is 5.54 Å². The van der Waals surface area contributed by atoms with Gasteiger partial charge in [0, 0.05) is 18.6 Å². The van der Waals surface area contributed by atoms with Crippen LogP contribution in [-0.4, -0.2) is 42.3 Å². The molecule has 0 amide bonds. The van der Waals surface area contributed by atoms with Gasteiger partial charge in [-0.25, -0.2) is 0 Å². The average molecular weight is 240 g/mol. The number of hydrogen-bond donors (Lipinski definition) is 1. The fourth-order valence-corrected chi connectivity index (χ4v) is 3.80. The molecule has 2 N–H and O–H groups in total. The predicted molar refractivity (Wildman–Crippen MR) is 71.0 cm³/mol. The molecule has 2 aliphatic rings. The summed E-state index contributed by atoms with van der Waals surface area (Å²) in [6.45, 7) is 9.93. The fourth-order valence-electron chi connectivity index (χ4n) is 3.80. The van der Waals surface area contributed by atoms with Gasteiger partial charge in [0.1, 0.15) is 0 Å². The molecule has 3 nitrogen and oxygen atoms in total. The molecule has 3 atom stereocenters. The topological polar surface area (TPSA) is 38.5 Å². The Kier molecular flexibility index (Phi) is 4.11. The lowest BCUT2D eigenvalue weighted by Gasteiger charge is -2.48. The predicted octanol–water partition coefficient (Wildman–Crippen LogP) is 2.00. The van der Waals surface area contributed by atoms with E-state index in [1.54, 1.807) is 0 Å². The SMILES string of the molecule is CCC1CCN(C2(CN)CC(C)OC(C)C2)C1. The lowest BCUT2D eigenvalue weighted by Crippen LogP contribution is -2.59. The number of hydrogen-bond acceptors (Lipinski definition) is 3. The van der Waals surface area contributed by atoms with E-state index in [0.29, 0.717) is 12.2 Å². The van der Waals surface area contributed by atoms with Gasteiger partial charge in [-0.3, -0.25) is 4.90 Å². The maximum absolute atomic E-state index is 6.13. The van der Waals surface area contributed by atoms with Crippen molar-refractivity contribution < 1.29 is 4.74 Å². The lowest BCUT2D eigenvalue weighted by atomic mass is 9.82. The van der Waals surface area contributed by atoms with Gasteiger partial charge in [-0.05, 0) is 45.6 Å². The summed E-state index contributed by atoms with van der Waals surface area (Å²) in [5.41, 5.74) is 6.34. The summed E-state index contributed by atoms with van der Waals surface area (Å²) in [5.74, 6) is 0.881. The molecular formula is C14H28N2O. The van der Waals surface area contributed by atoms with Gasteiger partial charge in [-0.2, -0.15) is 0 Å². The molecule has 2 rings (SSSR count). The third-order valence-electron chi connectivity index (χ3n) is 4.71. The number of nitrogens with two attached hydrogens (primary N) is 1. The van der Waals surface area contributed by atoms with Crippen LogP contribution in [0.15, 0.2) is 0 Å². The van der Waals surface area contributed by atoms with Crippen LogP contribution in [-0.2, 0) is 4.74 Å². The van der Waals surface area contributed by atoms with Gasteiger partial charge in [0.05, 0.1) is 12.2 Å². The highest BCUT2D eigenvalue weighted by Crippen LogP contribution is 2.37. The summed E-state index contributed by atoms with van der Waals surface area (Å²) < 4.78 is 5.87. The Bertz CT molecular complexity index is 247. The minimum atomic E-state index is 0.209. The molecule has 0 aromatic carbocycles. The molecule has 17 heavy (non-hydrogen) atoms. The molecular weight excluding hydrogens is 212 g/mol. The minimum absolute atomic E-state index is 0.209. The largest absolute Gasteiger partial charge is 0.375 e. The highest BCUT2D eigenvalue weighted by molar-refractivity contribution is 5.00. The first-order chi connectivity index (χ1) is 8.09. The third-order valence-corrected chi connectivity index (χ3v) is 4.71. The van der Waals surface area contributed by atoms with Gasteiger partial charge >= 0.3 is 0 Å². The Labute approximate surface area is 106 Å². The number of rotatable bonds is 3. The number of likely N-dealkylation sites (tertiary alicyclic amines) is 1. The zero-order valence-corrected chi connectivity index (χ0v) is 11.6. The molecule has 2 heterocycles. The van der Waals surface area contributed by atoms with Gasteiger partial charge in [0.15, 0.2) is 0 Å². The van der Waals surface area contributed by atoms with Crippen LogP contribution in [0.3, 0.4) is 0 Å². The highest BCUT2D eigenvalue weighted by Gasteiger charge is 2.44. The second-order valence-electron chi connectivity index (χ2n) is 6.10. The molecule has 0 aliphatic carbocycles. The van der Waals surface area contributed by atoms with Crippen molar-refractivity contribution in [1.29, 1.82) is 0 Å². The summed E-state index contributed by atoms with van der Waals surface area (Å²) in [6.07, 6.45) is 5.56. The molecule has 2 fully saturated rings. The van der Waals surface area contributed by atoms with E-state index in [0.717, 1.165) is 25.3 Å². The van der Waals surface area contributed by atoms with E-state index in [1.165, 1.54) is 25.9 Å². The summed E-state index contributed by atoms with van der Waals surface area (Å²) in [5, 5.41) is 0. The quantitative estimate of drug-likeness (QED) is 0.820. The van der Waals surface area contributed by atoms with Gasteiger partial charge in [-0.1, -0.05) is 13.3 Å². The number of ether oxygens (including phenoxy) is 1. The van der Waals surface area contributed by atoms with Gasteiger partial charge in [0.25, 0.3) is 0 Å². The first-order valence-corrected chi connectivity index (χ1v) is 7.20. The minimum Gasteiger partial charge on any atom is -0.375 e. The van der Waals surface area contributed by atoms with Crippen molar-refractivity contribution >= 4 is 0 Å². The zero-order chi connectivity index (χ0) is 12.5. The van der Waals surface area contributed by atoms with Crippen molar-refractivity contribution in [1.82, 2.24) is 4.90 Å². The molecule has 0 bridgehead atoms. The highest BCUT2D eigenvalue weighted by atomic mass is 16.5. The van der Waals surface area contributed by atoms with Crippen molar-refractivity contribution in [3.63, 3.8) is 0 Å². The maximum atomic E-state index is 6.13. The molecule has 3 heteroatoms. The van der Waals surface area contributed by atoms with Gasteiger partial charge in [0.2, 0.25) is 0 Å². The van der Waals surface area contributed by atoms with Crippen molar-refractivity contribution in [2.75, 3.05) is 19.6 Å². The summed E-state index contributed by atoms with van der Waals surface area (Å²) in [6, 6.07) is 0. The van der Waals surface area contributed by atoms with Crippen LogP contribution in [0.1, 0.15) is 46.5 Å². The maximum Gasteiger partial charge on any atom is 0.0568 e. The Morgan fingerprint density at radius 2 is 1.94 bits per heavy atom. The Hall–Kier alpha value is -0.120. The third kappa shape index (κ3) is 2.67. The molecule has 3 unspecified atom stereocenters. The van der Waals surface area contributed by atoms with Crippen LogP contribution in [0.5, 0.6) is 0 Å². The first-order valence-electron chi connectivity index (χ1n) is 7.20. The van der Waals surface area contributed by atoms with E-state index >= 15 is 0 Å². The average Bonchev–Trinajstić information content (AvgIpc) is 2.76. The zero-order valence-electron chi connectivity index (χ0n) is 11.6. The smallest absolute Gasteiger partial charge is 0.0568 e. The van der Waals surface area contributed by atoms with E-state index in [1.807, 2.05) is 0 Å². The first kappa shape index (κ1) is 13.3. The van der Waals surface area contributed by atoms with E-state index in [4.69, 9.17) is 10.5 Å². The van der Waals surface area contributed by atoms with Crippen molar-refractivity contribution in [2.45, 2.75) is 64.2 Å². The van der Waals surface area contributed by atoms with Gasteiger partial charge in [-0.15, -0.1) is 0 Å². The Balaban J connectivity index is 2.08. The summed E-state index contributed by atoms with van der Waals surface area (Å²) in [4.78, 5) is 2.66. The summed E-state index contributed by atoms with van der Waals surface area (Å²) in [7, 11) is 0. The normalized spacial score (nSPS) is 44.1. The molecule has 0 saturated carbocycles. The van der Waals surface area contributed by atoms with Crippen LogP contribution < -0.4 is 5.73 Å². The Morgan fingerprint density at radius 3 is 2.41 bits per heavy atom. The van der Waals surface area contributed by atoms with E-state index in [2.05, 4.69) is 25.7 Å². The van der Waals surface area contributed by atoms with Crippen molar-refractivity contribution in [3.05, 3.63) is 0 Å². The monoisotopic (exact) mass is 240 g/mol. The molecule has 100 valence electrons. The fraction of sp³-hybridized carbons (Fsp3) is 1.00. The van der Waals surface area contributed by atoms with Crippen LogP contribution in [0, 0.1) is 5.92 Å². The molecule has 0 spiro atoms. The second-order valence-corrected chi connectivity index (χ2v) is 6.10. The lowest BCUT2D eigenvalue weighted by molar-refractivity contribution is -0.0989. The van der Waals surface area contributed by atoms with Crippen molar-refractivity contribution in [3.8, 4) is 0 Å².